The molecular formula is C9H10F3NO5. The first-order chi connectivity index (χ1) is 8.14. The van der Waals surface area contributed by atoms with Gasteiger partial charge in [0.1, 0.15) is 11.8 Å². The van der Waals surface area contributed by atoms with E-state index in [2.05, 4.69) is 5.32 Å². The summed E-state index contributed by atoms with van der Waals surface area (Å²) in [5.74, 6) is -3.31. The fourth-order valence-corrected chi connectivity index (χ4v) is 1.90. The van der Waals surface area contributed by atoms with E-state index in [4.69, 9.17) is 15.0 Å². The van der Waals surface area contributed by atoms with E-state index in [1.165, 1.54) is 0 Å². The van der Waals surface area contributed by atoms with Crippen molar-refractivity contribution in [3.63, 3.8) is 0 Å². The minimum Gasteiger partial charge on any atom is -0.480 e. The molecule has 2 fully saturated rings. The van der Waals surface area contributed by atoms with Crippen LogP contribution in [0.1, 0.15) is 6.42 Å². The molecule has 0 radical (unpaired) electrons. The van der Waals surface area contributed by atoms with E-state index in [9.17, 15) is 22.8 Å². The number of hydrogen-bond donors (Lipinski definition) is 3. The fraction of sp³-hybridized carbons (Fsp3) is 0.667. The largest absolute Gasteiger partial charge is 0.490 e. The molecule has 6 nitrogen and oxygen atoms in total. The predicted octanol–water partition coefficient (Wildman–Crippen LogP) is -0.119. The third kappa shape index (κ3) is 2.97. The summed E-state index contributed by atoms with van der Waals surface area (Å²) in [6, 6.07) is -0.474. The third-order valence-corrected chi connectivity index (χ3v) is 2.86. The number of fused-ring (bicyclic) bond motifs is 1. The number of ketones is 1. The van der Waals surface area contributed by atoms with Crippen molar-refractivity contribution in [3.8, 4) is 0 Å². The predicted molar refractivity (Wildman–Crippen MR) is 49.7 cm³/mol. The minimum absolute atomic E-state index is 0.00361. The molecule has 0 unspecified atom stereocenters. The maximum Gasteiger partial charge on any atom is 0.490 e. The molecule has 1 saturated heterocycles. The maximum atomic E-state index is 10.8. The van der Waals surface area contributed by atoms with E-state index >= 15 is 0 Å². The van der Waals surface area contributed by atoms with E-state index in [1.807, 2.05) is 0 Å². The van der Waals surface area contributed by atoms with Crippen molar-refractivity contribution in [1.82, 2.24) is 5.32 Å². The molecule has 9 heteroatoms. The van der Waals surface area contributed by atoms with Crippen LogP contribution in [0.25, 0.3) is 0 Å². The van der Waals surface area contributed by atoms with Gasteiger partial charge >= 0.3 is 18.1 Å². The molecule has 2 aliphatic rings. The van der Waals surface area contributed by atoms with Gasteiger partial charge in [0, 0.05) is 24.8 Å². The van der Waals surface area contributed by atoms with Gasteiger partial charge in [-0.25, -0.2) is 4.79 Å². The normalized spacial score (nSPS) is 29.7. The number of nitrogens with one attached hydrogen (secondary N) is 1. The van der Waals surface area contributed by atoms with Gasteiger partial charge in [-0.3, -0.25) is 9.59 Å². The third-order valence-electron chi connectivity index (χ3n) is 2.86. The highest BCUT2D eigenvalue weighted by Gasteiger charge is 2.51. The standard InChI is InChI=1S/C7H9NO3.C2HF3O2/c9-5-1-3-4(5)2-8-6(3)7(10)11;3-2(4,5)1(6)7/h3-4,6,8H,1-2H2,(H,10,11);(H,6,7)/t3-,4-,6+;/m0./s1. The Balaban J connectivity index is 0.000000203. The molecule has 1 aliphatic heterocycles. The summed E-state index contributed by atoms with van der Waals surface area (Å²) >= 11 is 0. The van der Waals surface area contributed by atoms with Crippen molar-refractivity contribution in [2.75, 3.05) is 6.54 Å². The second kappa shape index (κ2) is 4.92. The SMILES string of the molecule is O=C(O)C(F)(F)F.O=C1C[C@H]2[C@@H]1CN[C@H]2C(=O)O. The molecule has 102 valence electrons. The highest BCUT2D eigenvalue weighted by Crippen LogP contribution is 2.37. The van der Waals surface area contributed by atoms with E-state index in [0.29, 0.717) is 13.0 Å². The molecule has 1 saturated carbocycles. The monoisotopic (exact) mass is 269 g/mol. The van der Waals surface area contributed by atoms with Crippen molar-refractivity contribution in [3.05, 3.63) is 0 Å². The van der Waals surface area contributed by atoms with Crippen LogP contribution in [-0.2, 0) is 14.4 Å². The van der Waals surface area contributed by atoms with Gasteiger partial charge in [0.05, 0.1) is 0 Å². The maximum absolute atomic E-state index is 10.8. The van der Waals surface area contributed by atoms with Crippen LogP contribution >= 0.6 is 0 Å². The average Bonchev–Trinajstić information content (AvgIpc) is 2.54. The van der Waals surface area contributed by atoms with Gasteiger partial charge in [-0.05, 0) is 0 Å². The van der Waals surface area contributed by atoms with Gasteiger partial charge < -0.3 is 15.5 Å². The smallest absolute Gasteiger partial charge is 0.480 e. The van der Waals surface area contributed by atoms with Crippen LogP contribution in [0.5, 0.6) is 0 Å². The van der Waals surface area contributed by atoms with Gasteiger partial charge in [0.25, 0.3) is 0 Å². The summed E-state index contributed by atoms with van der Waals surface area (Å²) in [6.07, 6.45) is -4.63. The number of carbonyl (C=O) groups excluding carboxylic acids is 1. The van der Waals surface area contributed by atoms with E-state index in [0.717, 1.165) is 0 Å². The van der Waals surface area contributed by atoms with Gasteiger partial charge in [-0.15, -0.1) is 0 Å². The van der Waals surface area contributed by atoms with Gasteiger partial charge in [-0.1, -0.05) is 0 Å². The van der Waals surface area contributed by atoms with Crippen LogP contribution in [0.4, 0.5) is 13.2 Å². The van der Waals surface area contributed by atoms with Crippen LogP contribution in [-0.4, -0.2) is 46.7 Å². The Morgan fingerprint density at radius 3 is 2.06 bits per heavy atom. The zero-order valence-corrected chi connectivity index (χ0v) is 8.90. The first kappa shape index (κ1) is 14.4. The zero-order valence-electron chi connectivity index (χ0n) is 8.90. The van der Waals surface area contributed by atoms with E-state index in [1.54, 1.807) is 0 Å². The highest BCUT2D eigenvalue weighted by atomic mass is 19.4. The lowest BCUT2D eigenvalue weighted by Crippen LogP contribution is -2.43. The second-order valence-corrected chi connectivity index (χ2v) is 3.97. The molecule has 1 aliphatic carbocycles. The summed E-state index contributed by atoms with van der Waals surface area (Å²) in [6.45, 7) is 0.556. The number of rotatable bonds is 1. The summed E-state index contributed by atoms with van der Waals surface area (Å²) in [4.78, 5) is 30.3. The Morgan fingerprint density at radius 2 is 1.78 bits per heavy atom. The Hall–Kier alpha value is -1.64. The molecule has 0 aromatic heterocycles. The highest BCUT2D eigenvalue weighted by molar-refractivity contribution is 5.91. The summed E-state index contributed by atoms with van der Waals surface area (Å²) in [5, 5.41) is 18.6. The van der Waals surface area contributed by atoms with Crippen molar-refractivity contribution in [2.45, 2.75) is 18.6 Å². The Labute approximate surface area is 98.8 Å². The molecule has 3 N–H and O–H groups in total. The number of carbonyl (C=O) groups is 3. The van der Waals surface area contributed by atoms with E-state index < -0.39 is 24.2 Å². The molecule has 0 bridgehead atoms. The lowest BCUT2D eigenvalue weighted by molar-refractivity contribution is -0.192. The number of Topliss-reactive ketones (excluding diaryl/α,β-unsaturated/α-hetero) is 1. The van der Waals surface area contributed by atoms with Crippen molar-refractivity contribution in [2.24, 2.45) is 11.8 Å². The number of aliphatic carboxylic acids is 2. The summed E-state index contributed by atoms with van der Waals surface area (Å²) in [5.41, 5.74) is 0. The van der Waals surface area contributed by atoms with Crippen LogP contribution < -0.4 is 5.32 Å². The van der Waals surface area contributed by atoms with Gasteiger partial charge in [0.15, 0.2) is 0 Å². The van der Waals surface area contributed by atoms with Crippen molar-refractivity contribution in [1.29, 1.82) is 0 Å². The molecule has 18 heavy (non-hydrogen) atoms. The second-order valence-electron chi connectivity index (χ2n) is 3.97. The van der Waals surface area contributed by atoms with Crippen LogP contribution in [0, 0.1) is 11.8 Å². The Kier molecular flexibility index (Phi) is 3.95. The topological polar surface area (TPSA) is 104 Å². The van der Waals surface area contributed by atoms with Crippen LogP contribution in [0.15, 0.2) is 0 Å². The van der Waals surface area contributed by atoms with Crippen LogP contribution in [0.2, 0.25) is 0 Å². The number of alkyl halides is 3. The molecule has 2 rings (SSSR count). The number of carboxylic acid groups (broad SMARTS) is 2. The van der Waals surface area contributed by atoms with E-state index in [-0.39, 0.29) is 17.6 Å². The van der Waals surface area contributed by atoms with Crippen molar-refractivity contribution < 1.29 is 37.8 Å². The van der Waals surface area contributed by atoms with Crippen LogP contribution in [0.3, 0.4) is 0 Å². The average molecular weight is 269 g/mol. The molecule has 0 aromatic rings. The Morgan fingerprint density at radius 1 is 1.28 bits per heavy atom. The lowest BCUT2D eigenvalue weighted by Gasteiger charge is -2.29. The molecule has 0 spiro atoms. The summed E-state index contributed by atoms with van der Waals surface area (Å²) in [7, 11) is 0. The van der Waals surface area contributed by atoms with Gasteiger partial charge in [-0.2, -0.15) is 13.2 Å². The molecule has 0 aromatic carbocycles. The number of carboxylic acids is 2. The zero-order chi connectivity index (χ0) is 14.1. The van der Waals surface area contributed by atoms with Gasteiger partial charge in [0.2, 0.25) is 0 Å². The quantitative estimate of drug-likeness (QED) is 0.613. The summed E-state index contributed by atoms with van der Waals surface area (Å²) < 4.78 is 31.7. The molecule has 3 atom stereocenters. The Bertz CT molecular complexity index is 381. The molecule has 0 amide bonds. The first-order valence-electron chi connectivity index (χ1n) is 4.93. The molecular weight excluding hydrogens is 259 g/mol. The lowest BCUT2D eigenvalue weighted by atomic mass is 9.72. The first-order valence-corrected chi connectivity index (χ1v) is 4.93. The number of hydrogen-bond acceptors (Lipinski definition) is 4. The molecule has 1 heterocycles. The number of halogens is 3. The fourth-order valence-electron chi connectivity index (χ4n) is 1.90. The van der Waals surface area contributed by atoms with Crippen molar-refractivity contribution >= 4 is 17.7 Å². The minimum atomic E-state index is -5.08.